The molecule has 3 fully saturated rings. The lowest BCUT2D eigenvalue weighted by Gasteiger charge is -2.34. The fourth-order valence-corrected chi connectivity index (χ4v) is 6.55. The SMILES string of the molecule is Cc1c(-c2cc3cccc(OCC4CNC(=O)C4)c3n2CC2CC2)nn2cc(C(=O)N3C[C@H](F)C[C@@H](NC(=O)O)C3)ccc12. The van der Waals surface area contributed by atoms with Gasteiger partial charge < -0.3 is 29.9 Å². The zero-order chi connectivity index (χ0) is 30.5. The third-order valence-electron chi connectivity index (χ3n) is 8.94. The molecule has 2 saturated heterocycles. The Labute approximate surface area is 252 Å². The van der Waals surface area contributed by atoms with Crippen LogP contribution in [0.1, 0.15) is 41.6 Å². The normalized spacial score (nSPS) is 22.0. The van der Waals surface area contributed by atoms with Crippen LogP contribution in [0.2, 0.25) is 0 Å². The number of hydrogen-bond donors (Lipinski definition) is 3. The minimum absolute atomic E-state index is 0.0376. The number of amides is 3. The molecule has 230 valence electrons. The summed E-state index contributed by atoms with van der Waals surface area (Å²) in [5, 5.41) is 20.2. The summed E-state index contributed by atoms with van der Waals surface area (Å²) in [4.78, 5) is 37.6. The maximum Gasteiger partial charge on any atom is 0.404 e. The van der Waals surface area contributed by atoms with E-state index in [0.717, 1.165) is 45.7 Å². The number of aromatic nitrogens is 3. The third kappa shape index (κ3) is 5.44. The Bertz CT molecular complexity index is 1780. The van der Waals surface area contributed by atoms with Gasteiger partial charge in [0.05, 0.1) is 41.5 Å². The van der Waals surface area contributed by atoms with Gasteiger partial charge in [0.25, 0.3) is 5.91 Å². The van der Waals surface area contributed by atoms with Crippen LogP contribution in [-0.2, 0) is 11.3 Å². The van der Waals surface area contributed by atoms with E-state index in [1.807, 2.05) is 25.1 Å². The fraction of sp³-hybridized carbons (Fsp3) is 0.438. The third-order valence-corrected chi connectivity index (χ3v) is 8.94. The molecule has 1 unspecified atom stereocenters. The summed E-state index contributed by atoms with van der Waals surface area (Å²) >= 11 is 0. The molecule has 1 aliphatic carbocycles. The van der Waals surface area contributed by atoms with Gasteiger partial charge >= 0.3 is 6.09 Å². The van der Waals surface area contributed by atoms with Crippen molar-refractivity contribution in [2.45, 2.75) is 51.4 Å². The Hall–Kier alpha value is -4.61. The lowest BCUT2D eigenvalue weighted by Crippen LogP contribution is -2.53. The molecule has 1 saturated carbocycles. The number of hydrogen-bond acceptors (Lipinski definition) is 5. The van der Waals surface area contributed by atoms with Crippen LogP contribution >= 0.6 is 0 Å². The second kappa shape index (κ2) is 11.1. The molecule has 0 radical (unpaired) electrons. The number of piperidine rings is 1. The molecule has 7 rings (SSSR count). The van der Waals surface area contributed by atoms with Crippen LogP contribution in [0.3, 0.4) is 0 Å². The van der Waals surface area contributed by atoms with Gasteiger partial charge in [-0.15, -0.1) is 0 Å². The van der Waals surface area contributed by atoms with Crippen LogP contribution in [0.25, 0.3) is 27.8 Å². The summed E-state index contributed by atoms with van der Waals surface area (Å²) in [5.41, 5.74) is 4.94. The van der Waals surface area contributed by atoms with E-state index in [0.29, 0.717) is 31.1 Å². The number of rotatable bonds is 8. The lowest BCUT2D eigenvalue weighted by atomic mass is 10.0. The first-order valence-corrected chi connectivity index (χ1v) is 15.2. The number of likely N-dealkylation sites (tertiary alicyclic amines) is 1. The molecule has 3 amide bonds. The first kappa shape index (κ1) is 28.2. The number of nitrogens with zero attached hydrogens (tertiary/aromatic N) is 4. The van der Waals surface area contributed by atoms with E-state index in [1.54, 1.807) is 16.8 Å². The molecule has 3 N–H and O–H groups in total. The smallest absolute Gasteiger partial charge is 0.404 e. The van der Waals surface area contributed by atoms with E-state index < -0.39 is 18.3 Å². The molecule has 0 bridgehead atoms. The Balaban J connectivity index is 1.22. The molecule has 11 nitrogen and oxygen atoms in total. The number of nitrogens with one attached hydrogen (secondary N) is 2. The van der Waals surface area contributed by atoms with E-state index in [4.69, 9.17) is 14.9 Å². The number of carbonyl (C=O) groups is 3. The maximum atomic E-state index is 14.4. The summed E-state index contributed by atoms with van der Waals surface area (Å²) in [7, 11) is 0. The number of para-hydroxylation sites is 1. The van der Waals surface area contributed by atoms with Gasteiger partial charge in [0.1, 0.15) is 17.6 Å². The summed E-state index contributed by atoms with van der Waals surface area (Å²) in [5.74, 6) is 1.20. The van der Waals surface area contributed by atoms with Crippen molar-refractivity contribution >= 4 is 34.3 Å². The number of carbonyl (C=O) groups excluding carboxylic acids is 2. The summed E-state index contributed by atoms with van der Waals surface area (Å²) in [6, 6.07) is 11.1. The highest BCUT2D eigenvalue weighted by molar-refractivity contribution is 5.95. The number of pyridine rings is 1. The van der Waals surface area contributed by atoms with Gasteiger partial charge in [-0.3, -0.25) is 9.59 Å². The standard InChI is InChI=1S/C32H35FN6O5/c1-18-25-8-7-22(31(41)37-15-23(33)11-24(16-37)35-32(42)43)14-39(25)36-29(18)26-10-21-3-2-4-27(30(21)38(26)13-19-5-6-19)44-17-20-9-28(40)34-12-20/h2-4,7-8,10,14,19-20,23-24,35H,5-6,9,11-13,15-17H2,1H3,(H,34,40)(H,42,43)/t20?,23-,24-/m1/s1. The molecule has 1 aromatic carbocycles. The lowest BCUT2D eigenvalue weighted by molar-refractivity contribution is -0.119. The second-order valence-electron chi connectivity index (χ2n) is 12.4. The van der Waals surface area contributed by atoms with E-state index in [2.05, 4.69) is 27.3 Å². The highest BCUT2D eigenvalue weighted by Gasteiger charge is 2.32. The molecule has 5 heterocycles. The summed E-state index contributed by atoms with van der Waals surface area (Å²) in [6.07, 6.45) is 1.97. The zero-order valence-corrected chi connectivity index (χ0v) is 24.5. The Morgan fingerprint density at radius 2 is 2.02 bits per heavy atom. The van der Waals surface area contributed by atoms with Gasteiger partial charge in [0.2, 0.25) is 5.91 Å². The largest absolute Gasteiger partial charge is 0.491 e. The molecule has 44 heavy (non-hydrogen) atoms. The van der Waals surface area contributed by atoms with Gasteiger partial charge in [0.15, 0.2) is 0 Å². The summed E-state index contributed by atoms with van der Waals surface area (Å²) in [6.45, 7) is 3.95. The number of carboxylic acid groups (broad SMARTS) is 1. The molecular weight excluding hydrogens is 567 g/mol. The molecular formula is C32H35FN6O5. The average Bonchev–Trinajstić information content (AvgIpc) is 3.46. The molecule has 3 aromatic heterocycles. The Kier molecular flexibility index (Phi) is 7.14. The number of ether oxygens (including phenoxy) is 1. The highest BCUT2D eigenvalue weighted by Crippen LogP contribution is 2.40. The fourth-order valence-electron chi connectivity index (χ4n) is 6.55. The molecule has 2 aliphatic heterocycles. The highest BCUT2D eigenvalue weighted by atomic mass is 19.1. The monoisotopic (exact) mass is 602 g/mol. The Morgan fingerprint density at radius 3 is 2.77 bits per heavy atom. The number of aryl methyl sites for hydroxylation is 1. The van der Waals surface area contributed by atoms with Gasteiger partial charge in [-0.2, -0.15) is 5.10 Å². The Morgan fingerprint density at radius 1 is 1.18 bits per heavy atom. The van der Waals surface area contributed by atoms with Crippen LogP contribution in [-0.4, -0.2) is 80.5 Å². The van der Waals surface area contributed by atoms with Crippen LogP contribution in [0.5, 0.6) is 5.75 Å². The topological polar surface area (TPSA) is 130 Å². The number of fused-ring (bicyclic) bond motifs is 2. The molecule has 0 spiro atoms. The minimum Gasteiger partial charge on any atom is -0.491 e. The van der Waals surface area contributed by atoms with Crippen molar-refractivity contribution in [2.75, 3.05) is 26.2 Å². The average molecular weight is 603 g/mol. The van der Waals surface area contributed by atoms with Crippen LogP contribution in [0.15, 0.2) is 42.6 Å². The van der Waals surface area contributed by atoms with Crippen molar-refractivity contribution in [1.82, 2.24) is 29.7 Å². The van der Waals surface area contributed by atoms with Crippen molar-refractivity contribution in [3.63, 3.8) is 0 Å². The van der Waals surface area contributed by atoms with E-state index in [-0.39, 0.29) is 37.2 Å². The zero-order valence-electron chi connectivity index (χ0n) is 24.5. The summed E-state index contributed by atoms with van der Waals surface area (Å²) < 4.78 is 24.7. The van der Waals surface area contributed by atoms with Gasteiger partial charge in [0, 0.05) is 55.5 Å². The quantitative estimate of drug-likeness (QED) is 0.280. The van der Waals surface area contributed by atoms with Gasteiger partial charge in [-0.1, -0.05) is 12.1 Å². The number of halogens is 1. The van der Waals surface area contributed by atoms with Crippen molar-refractivity contribution in [1.29, 1.82) is 0 Å². The van der Waals surface area contributed by atoms with Crippen molar-refractivity contribution in [3.8, 4) is 17.1 Å². The number of alkyl halides is 1. The van der Waals surface area contributed by atoms with Crippen molar-refractivity contribution in [3.05, 3.63) is 53.7 Å². The molecule has 3 atom stereocenters. The van der Waals surface area contributed by atoms with Crippen LogP contribution in [0, 0.1) is 18.8 Å². The molecule has 4 aromatic rings. The van der Waals surface area contributed by atoms with Gasteiger partial charge in [-0.25, -0.2) is 13.7 Å². The predicted octanol–water partition coefficient (Wildman–Crippen LogP) is 4.01. The number of benzene rings is 1. The van der Waals surface area contributed by atoms with Crippen molar-refractivity contribution in [2.24, 2.45) is 11.8 Å². The second-order valence-corrected chi connectivity index (χ2v) is 12.4. The van der Waals surface area contributed by atoms with E-state index >= 15 is 0 Å². The minimum atomic E-state index is -1.31. The van der Waals surface area contributed by atoms with E-state index in [9.17, 15) is 18.8 Å². The first-order chi connectivity index (χ1) is 21.2. The predicted molar refractivity (Wildman–Crippen MR) is 161 cm³/mol. The molecule has 3 aliphatic rings. The van der Waals surface area contributed by atoms with Crippen LogP contribution in [0.4, 0.5) is 9.18 Å². The first-order valence-electron chi connectivity index (χ1n) is 15.2. The maximum absolute atomic E-state index is 14.4. The van der Waals surface area contributed by atoms with Gasteiger partial charge in [-0.05, 0) is 49.9 Å². The van der Waals surface area contributed by atoms with Crippen molar-refractivity contribution < 1.29 is 28.6 Å². The van der Waals surface area contributed by atoms with Crippen LogP contribution < -0.4 is 15.4 Å². The van der Waals surface area contributed by atoms with E-state index in [1.165, 1.54) is 17.7 Å². The molecule has 12 heteroatoms.